The largest absolute Gasteiger partial charge is 0.497 e. The molecule has 0 saturated carbocycles. The smallest absolute Gasteiger partial charge is 0.124 e. The van der Waals surface area contributed by atoms with Crippen molar-refractivity contribution in [3.05, 3.63) is 41.7 Å². The lowest BCUT2D eigenvalue weighted by molar-refractivity contribution is 0.250. The van der Waals surface area contributed by atoms with Crippen LogP contribution in [0.25, 0.3) is 0 Å². The molecule has 1 aliphatic rings. The third kappa shape index (κ3) is 3.19. The van der Waals surface area contributed by atoms with Crippen molar-refractivity contribution in [3.8, 4) is 11.5 Å². The number of ether oxygens (including phenoxy) is 2. The molecule has 2 heterocycles. The number of nitrogens with zero attached hydrogens (tertiary/aromatic N) is 2. The average Bonchev–Trinajstić information content (AvgIpc) is 2.92. The maximum absolute atomic E-state index is 5.71. The van der Waals surface area contributed by atoms with Gasteiger partial charge in [-0.3, -0.25) is 4.68 Å². The van der Waals surface area contributed by atoms with Gasteiger partial charge in [-0.1, -0.05) is 0 Å². The summed E-state index contributed by atoms with van der Waals surface area (Å²) in [4.78, 5) is 0. The molecule has 0 bridgehead atoms. The Labute approximate surface area is 124 Å². The van der Waals surface area contributed by atoms with Gasteiger partial charge in [0.1, 0.15) is 11.5 Å². The second-order valence-corrected chi connectivity index (χ2v) is 5.33. The normalized spacial score (nSPS) is 17.1. The predicted octanol–water partition coefficient (Wildman–Crippen LogP) is 2.31. The van der Waals surface area contributed by atoms with Crippen LogP contribution in [0.15, 0.2) is 30.6 Å². The van der Waals surface area contributed by atoms with Crippen LogP contribution in [-0.2, 0) is 6.54 Å². The van der Waals surface area contributed by atoms with Gasteiger partial charge in [0, 0.05) is 30.8 Å². The number of aryl methyl sites for hydroxylation is 1. The van der Waals surface area contributed by atoms with Gasteiger partial charge < -0.3 is 14.8 Å². The SMILES string of the molecule is COc1ccc2c(c1)C(NCCn1cc(C)cn1)CCO2. The Hall–Kier alpha value is -2.01. The lowest BCUT2D eigenvalue weighted by Gasteiger charge is -2.27. The van der Waals surface area contributed by atoms with E-state index in [2.05, 4.69) is 29.6 Å². The zero-order valence-corrected chi connectivity index (χ0v) is 12.5. The van der Waals surface area contributed by atoms with E-state index in [9.17, 15) is 0 Å². The maximum Gasteiger partial charge on any atom is 0.124 e. The molecule has 0 radical (unpaired) electrons. The minimum Gasteiger partial charge on any atom is -0.497 e. The van der Waals surface area contributed by atoms with Crippen molar-refractivity contribution in [1.29, 1.82) is 0 Å². The topological polar surface area (TPSA) is 48.3 Å². The molecular formula is C16H21N3O2. The second-order valence-electron chi connectivity index (χ2n) is 5.33. The number of hydrogen-bond acceptors (Lipinski definition) is 4. The fraction of sp³-hybridized carbons (Fsp3) is 0.438. The zero-order valence-electron chi connectivity index (χ0n) is 12.5. The van der Waals surface area contributed by atoms with E-state index in [0.717, 1.165) is 37.6 Å². The van der Waals surface area contributed by atoms with E-state index in [0.29, 0.717) is 6.04 Å². The molecule has 5 nitrogen and oxygen atoms in total. The molecule has 3 rings (SSSR count). The second kappa shape index (κ2) is 6.18. The molecule has 1 aliphatic heterocycles. The molecule has 0 amide bonds. The van der Waals surface area contributed by atoms with E-state index in [-0.39, 0.29) is 0 Å². The summed E-state index contributed by atoms with van der Waals surface area (Å²) < 4.78 is 13.0. The van der Waals surface area contributed by atoms with Gasteiger partial charge >= 0.3 is 0 Å². The molecule has 1 atom stereocenters. The van der Waals surface area contributed by atoms with Crippen LogP contribution in [0.5, 0.6) is 11.5 Å². The summed E-state index contributed by atoms with van der Waals surface area (Å²) >= 11 is 0. The maximum atomic E-state index is 5.71. The molecule has 1 aromatic heterocycles. The van der Waals surface area contributed by atoms with Gasteiger partial charge in [0.05, 0.1) is 26.5 Å². The summed E-state index contributed by atoms with van der Waals surface area (Å²) in [5.41, 5.74) is 2.37. The Morgan fingerprint density at radius 1 is 1.48 bits per heavy atom. The zero-order chi connectivity index (χ0) is 14.7. The van der Waals surface area contributed by atoms with Gasteiger partial charge in [-0.15, -0.1) is 0 Å². The Bertz CT molecular complexity index is 609. The molecule has 0 spiro atoms. The Morgan fingerprint density at radius 2 is 2.38 bits per heavy atom. The first-order chi connectivity index (χ1) is 10.3. The Kier molecular flexibility index (Phi) is 4.10. The molecule has 0 fully saturated rings. The van der Waals surface area contributed by atoms with Crippen LogP contribution in [0.4, 0.5) is 0 Å². The first-order valence-electron chi connectivity index (χ1n) is 7.29. The number of nitrogens with one attached hydrogen (secondary N) is 1. The highest BCUT2D eigenvalue weighted by Gasteiger charge is 2.21. The molecule has 0 aliphatic carbocycles. The van der Waals surface area contributed by atoms with Crippen molar-refractivity contribution in [2.75, 3.05) is 20.3 Å². The highest BCUT2D eigenvalue weighted by molar-refractivity contribution is 5.43. The number of aromatic nitrogens is 2. The summed E-state index contributed by atoms with van der Waals surface area (Å²) in [6.07, 6.45) is 4.91. The molecule has 1 N–H and O–H groups in total. The first-order valence-corrected chi connectivity index (χ1v) is 7.29. The van der Waals surface area contributed by atoms with Crippen LogP contribution in [0, 0.1) is 6.92 Å². The minimum absolute atomic E-state index is 0.306. The van der Waals surface area contributed by atoms with Gasteiger partial charge in [-0.25, -0.2) is 0 Å². The minimum atomic E-state index is 0.306. The number of rotatable bonds is 5. The van der Waals surface area contributed by atoms with Crippen LogP contribution in [0.3, 0.4) is 0 Å². The fourth-order valence-electron chi connectivity index (χ4n) is 2.65. The summed E-state index contributed by atoms with van der Waals surface area (Å²) in [6.45, 7) is 4.54. The van der Waals surface area contributed by atoms with Crippen molar-refractivity contribution >= 4 is 0 Å². The van der Waals surface area contributed by atoms with Gasteiger partial charge in [0.25, 0.3) is 0 Å². The van der Waals surface area contributed by atoms with Crippen molar-refractivity contribution in [2.45, 2.75) is 25.9 Å². The monoisotopic (exact) mass is 287 g/mol. The van der Waals surface area contributed by atoms with Crippen molar-refractivity contribution in [1.82, 2.24) is 15.1 Å². The highest BCUT2D eigenvalue weighted by atomic mass is 16.5. The average molecular weight is 287 g/mol. The van der Waals surface area contributed by atoms with Crippen LogP contribution in [0.2, 0.25) is 0 Å². The first kappa shape index (κ1) is 13.9. The van der Waals surface area contributed by atoms with E-state index in [1.807, 2.05) is 23.0 Å². The van der Waals surface area contributed by atoms with E-state index in [1.165, 1.54) is 11.1 Å². The molecule has 21 heavy (non-hydrogen) atoms. The fourth-order valence-corrected chi connectivity index (χ4v) is 2.65. The van der Waals surface area contributed by atoms with Gasteiger partial charge in [0.2, 0.25) is 0 Å². The third-order valence-corrected chi connectivity index (χ3v) is 3.75. The highest BCUT2D eigenvalue weighted by Crippen LogP contribution is 2.34. The third-order valence-electron chi connectivity index (χ3n) is 3.75. The Morgan fingerprint density at radius 3 is 3.14 bits per heavy atom. The number of benzene rings is 1. The molecular weight excluding hydrogens is 266 g/mol. The predicted molar refractivity (Wildman–Crippen MR) is 80.8 cm³/mol. The van der Waals surface area contributed by atoms with Gasteiger partial charge in [-0.2, -0.15) is 5.10 Å². The van der Waals surface area contributed by atoms with E-state index >= 15 is 0 Å². The molecule has 0 saturated heterocycles. The molecule has 112 valence electrons. The van der Waals surface area contributed by atoms with E-state index in [1.54, 1.807) is 7.11 Å². The van der Waals surface area contributed by atoms with Crippen LogP contribution >= 0.6 is 0 Å². The van der Waals surface area contributed by atoms with Gasteiger partial charge in [-0.05, 0) is 30.7 Å². The van der Waals surface area contributed by atoms with Gasteiger partial charge in [0.15, 0.2) is 0 Å². The molecule has 5 heteroatoms. The van der Waals surface area contributed by atoms with Crippen LogP contribution in [0.1, 0.15) is 23.6 Å². The number of hydrogen-bond donors (Lipinski definition) is 1. The van der Waals surface area contributed by atoms with E-state index < -0.39 is 0 Å². The summed E-state index contributed by atoms with van der Waals surface area (Å²) in [5.74, 6) is 1.82. The lowest BCUT2D eigenvalue weighted by atomic mass is 10.0. The summed E-state index contributed by atoms with van der Waals surface area (Å²) in [6, 6.07) is 6.29. The Balaban J connectivity index is 1.64. The molecule has 2 aromatic rings. The summed E-state index contributed by atoms with van der Waals surface area (Å²) in [7, 11) is 1.69. The quantitative estimate of drug-likeness (QED) is 0.917. The van der Waals surface area contributed by atoms with E-state index in [4.69, 9.17) is 9.47 Å². The van der Waals surface area contributed by atoms with Crippen molar-refractivity contribution < 1.29 is 9.47 Å². The van der Waals surface area contributed by atoms with Crippen molar-refractivity contribution in [2.24, 2.45) is 0 Å². The summed E-state index contributed by atoms with van der Waals surface area (Å²) in [5, 5.41) is 7.89. The van der Waals surface area contributed by atoms with Crippen LogP contribution in [-0.4, -0.2) is 30.0 Å². The lowest BCUT2D eigenvalue weighted by Crippen LogP contribution is -2.29. The number of methoxy groups -OCH3 is 1. The van der Waals surface area contributed by atoms with Crippen molar-refractivity contribution in [3.63, 3.8) is 0 Å². The molecule has 1 aromatic carbocycles. The van der Waals surface area contributed by atoms with Crippen LogP contribution < -0.4 is 14.8 Å². The standard InChI is InChI=1S/C16H21N3O2/c1-12-10-18-19(11-12)7-6-17-15-5-8-21-16-4-3-13(20-2)9-14(15)16/h3-4,9-11,15,17H,5-8H2,1-2H3. The molecule has 1 unspecified atom stereocenters. The number of fused-ring (bicyclic) bond motifs is 1.